The molecule has 46 heavy (non-hydrogen) atoms. The van der Waals surface area contributed by atoms with Gasteiger partial charge in [0, 0.05) is 36.1 Å². The highest BCUT2D eigenvalue weighted by atomic mass is 19.4. The summed E-state index contributed by atoms with van der Waals surface area (Å²) in [5.41, 5.74) is 0.457. The van der Waals surface area contributed by atoms with E-state index in [1.807, 2.05) is 0 Å². The van der Waals surface area contributed by atoms with Gasteiger partial charge in [-0.25, -0.2) is 9.59 Å². The lowest BCUT2D eigenvalue weighted by molar-refractivity contribution is -0.192. The Hall–Kier alpha value is -5.25. The number of rotatable bonds is 7. The van der Waals surface area contributed by atoms with Crippen LogP contribution in [0, 0.1) is 0 Å². The molecular weight excluding hydrogens is 628 g/mol. The second kappa shape index (κ2) is 13.4. The van der Waals surface area contributed by atoms with E-state index in [1.165, 1.54) is 29.0 Å². The summed E-state index contributed by atoms with van der Waals surface area (Å²) in [6, 6.07) is 16.1. The highest BCUT2D eigenvalue weighted by Gasteiger charge is 2.40. The van der Waals surface area contributed by atoms with E-state index in [0.29, 0.717) is 39.6 Å². The van der Waals surface area contributed by atoms with E-state index < -0.39 is 36.1 Å². The number of ether oxygens (including phenoxy) is 4. The number of carbonyl (C=O) groups excluding carboxylic acids is 1. The van der Waals surface area contributed by atoms with Crippen LogP contribution >= 0.6 is 0 Å². The van der Waals surface area contributed by atoms with Crippen molar-refractivity contribution in [1.29, 1.82) is 0 Å². The zero-order valence-electron chi connectivity index (χ0n) is 24.2. The summed E-state index contributed by atoms with van der Waals surface area (Å²) >= 11 is 0. The molecule has 2 amide bonds. The highest BCUT2D eigenvalue weighted by Crippen LogP contribution is 2.38. The first-order chi connectivity index (χ1) is 21.7. The number of nitrogens with zero attached hydrogens (tertiary/aromatic N) is 3. The fraction of sp³-hybridized carbons (Fsp3) is 0.233. The Kier molecular flexibility index (Phi) is 9.80. The quantitative estimate of drug-likeness (QED) is 0.210. The van der Waals surface area contributed by atoms with Crippen molar-refractivity contribution in [3.63, 3.8) is 0 Å². The summed E-state index contributed by atoms with van der Waals surface area (Å²) < 4.78 is 93.8. The van der Waals surface area contributed by atoms with Crippen molar-refractivity contribution in [2.75, 3.05) is 37.7 Å². The molecule has 1 aliphatic rings. The minimum Gasteiger partial charge on any atom is -0.493 e. The number of hydrogen-bond acceptors (Lipinski definition) is 7. The Morgan fingerprint density at radius 1 is 0.870 bits per heavy atom. The third kappa shape index (κ3) is 7.34. The number of amides is 2. The van der Waals surface area contributed by atoms with Crippen molar-refractivity contribution in [1.82, 2.24) is 4.98 Å². The molecule has 3 aromatic carbocycles. The number of fused-ring (bicyclic) bond motifs is 1. The van der Waals surface area contributed by atoms with E-state index in [-0.39, 0.29) is 12.2 Å². The van der Waals surface area contributed by atoms with Gasteiger partial charge in [0.25, 0.3) is 0 Å². The van der Waals surface area contributed by atoms with E-state index in [0.717, 1.165) is 12.1 Å². The van der Waals surface area contributed by atoms with Crippen molar-refractivity contribution < 1.29 is 60.0 Å². The molecule has 1 fully saturated rings. The number of carbonyl (C=O) groups is 2. The smallest absolute Gasteiger partial charge is 0.490 e. The molecule has 1 saturated heterocycles. The molecule has 0 saturated carbocycles. The summed E-state index contributed by atoms with van der Waals surface area (Å²) in [7, 11) is 4.53. The van der Waals surface area contributed by atoms with Crippen LogP contribution in [0.4, 0.5) is 42.5 Å². The molecule has 1 N–H and O–H groups in total. The third-order valence-electron chi connectivity index (χ3n) is 6.61. The molecule has 2 heterocycles. The maximum absolute atomic E-state index is 13.3. The van der Waals surface area contributed by atoms with Crippen LogP contribution in [0.2, 0.25) is 0 Å². The molecular formula is C30H25F6N3O7. The van der Waals surface area contributed by atoms with E-state index >= 15 is 0 Å². The fourth-order valence-electron chi connectivity index (χ4n) is 4.43. The number of hydrogen-bond donors (Lipinski definition) is 1. The van der Waals surface area contributed by atoms with E-state index in [9.17, 15) is 31.1 Å². The second-order valence-corrected chi connectivity index (χ2v) is 9.43. The minimum absolute atomic E-state index is 0.0587. The molecule has 244 valence electrons. The molecule has 0 aliphatic carbocycles. The van der Waals surface area contributed by atoms with Gasteiger partial charge in [0.1, 0.15) is 11.5 Å². The number of benzene rings is 3. The van der Waals surface area contributed by atoms with Gasteiger partial charge in [0.05, 0.1) is 31.8 Å². The van der Waals surface area contributed by atoms with Crippen molar-refractivity contribution >= 4 is 34.3 Å². The Bertz CT molecular complexity index is 1710. The first-order valence-corrected chi connectivity index (χ1v) is 13.1. The van der Waals surface area contributed by atoms with Crippen molar-refractivity contribution in [2.45, 2.75) is 18.6 Å². The average Bonchev–Trinajstić information content (AvgIpc) is 3.36. The lowest BCUT2D eigenvalue weighted by Crippen LogP contribution is -2.35. The number of anilines is 2. The Morgan fingerprint density at radius 2 is 1.50 bits per heavy atom. The van der Waals surface area contributed by atoms with Crippen LogP contribution in [0.25, 0.3) is 10.9 Å². The van der Waals surface area contributed by atoms with Crippen LogP contribution in [0.3, 0.4) is 0 Å². The van der Waals surface area contributed by atoms with Gasteiger partial charge in [0.15, 0.2) is 17.7 Å². The summed E-state index contributed by atoms with van der Waals surface area (Å²) in [5, 5.41) is 7.84. The summed E-state index contributed by atoms with van der Waals surface area (Å²) in [6.07, 6.45) is -8.69. The molecule has 0 spiro atoms. The van der Waals surface area contributed by atoms with E-state index in [2.05, 4.69) is 4.98 Å². The van der Waals surface area contributed by atoms with Crippen LogP contribution < -0.4 is 24.0 Å². The van der Waals surface area contributed by atoms with E-state index in [4.69, 9.17) is 28.8 Å². The lowest BCUT2D eigenvalue weighted by Gasteiger charge is -2.22. The number of aliphatic carboxylic acids is 1. The predicted molar refractivity (Wildman–Crippen MR) is 153 cm³/mol. The minimum atomic E-state index is -5.08. The van der Waals surface area contributed by atoms with Gasteiger partial charge in [-0.2, -0.15) is 26.3 Å². The van der Waals surface area contributed by atoms with Gasteiger partial charge in [-0.3, -0.25) is 14.8 Å². The van der Waals surface area contributed by atoms with Gasteiger partial charge in [-0.05, 0) is 54.6 Å². The fourth-order valence-corrected chi connectivity index (χ4v) is 4.43. The molecule has 16 heteroatoms. The summed E-state index contributed by atoms with van der Waals surface area (Å²) in [4.78, 5) is 29.2. The van der Waals surface area contributed by atoms with Crippen LogP contribution in [0.15, 0.2) is 72.9 Å². The molecule has 1 unspecified atom stereocenters. The first-order valence-electron chi connectivity index (χ1n) is 13.1. The molecule has 5 rings (SSSR count). The lowest BCUT2D eigenvalue weighted by atomic mass is 10.2. The van der Waals surface area contributed by atoms with Gasteiger partial charge in [-0.1, -0.05) is 6.07 Å². The Labute approximate surface area is 257 Å². The van der Waals surface area contributed by atoms with Crippen molar-refractivity contribution in [3.8, 4) is 23.0 Å². The van der Waals surface area contributed by atoms with Crippen LogP contribution in [-0.4, -0.2) is 62.4 Å². The summed E-state index contributed by atoms with van der Waals surface area (Å²) in [5.74, 6) is -0.650. The SMILES string of the molecule is COc1cc2nccc(Oc3ccc(N4C(=O)N(c5cccc(C(F)(F)F)c5)CC4OC)cc3)c2cc1OC.O=C(O)C(F)(F)F. The number of pyridine rings is 1. The average molecular weight is 654 g/mol. The Morgan fingerprint density at radius 3 is 2.07 bits per heavy atom. The van der Waals surface area contributed by atoms with Gasteiger partial charge >= 0.3 is 24.4 Å². The zero-order chi connectivity index (χ0) is 33.8. The summed E-state index contributed by atoms with van der Waals surface area (Å²) in [6.45, 7) is 0.0587. The topological polar surface area (TPSA) is 111 Å². The van der Waals surface area contributed by atoms with E-state index in [1.54, 1.807) is 62.9 Å². The number of aromatic nitrogens is 1. The molecule has 4 aromatic rings. The van der Waals surface area contributed by atoms with Gasteiger partial charge in [-0.15, -0.1) is 0 Å². The number of carboxylic acids is 1. The first kappa shape index (κ1) is 33.6. The number of carboxylic acid groups (broad SMARTS) is 1. The maximum atomic E-state index is 13.3. The molecule has 1 atom stereocenters. The largest absolute Gasteiger partial charge is 0.493 e. The van der Waals surface area contributed by atoms with Crippen LogP contribution in [0.1, 0.15) is 5.56 Å². The molecule has 0 radical (unpaired) electrons. The number of methoxy groups -OCH3 is 3. The number of alkyl halides is 6. The number of urea groups is 1. The van der Waals surface area contributed by atoms with Crippen LogP contribution in [-0.2, 0) is 15.7 Å². The number of halogens is 6. The third-order valence-corrected chi connectivity index (χ3v) is 6.61. The van der Waals surface area contributed by atoms with Crippen molar-refractivity contribution in [2.24, 2.45) is 0 Å². The van der Waals surface area contributed by atoms with Gasteiger partial charge < -0.3 is 24.1 Å². The monoisotopic (exact) mass is 653 g/mol. The molecule has 1 aromatic heterocycles. The normalized spacial score (nSPS) is 15.0. The second-order valence-electron chi connectivity index (χ2n) is 9.43. The van der Waals surface area contributed by atoms with Crippen molar-refractivity contribution in [3.05, 3.63) is 78.5 Å². The molecule has 1 aliphatic heterocycles. The maximum Gasteiger partial charge on any atom is 0.490 e. The predicted octanol–water partition coefficient (Wildman–Crippen LogP) is 7.12. The molecule has 0 bridgehead atoms. The van der Waals surface area contributed by atoms with Crippen LogP contribution in [0.5, 0.6) is 23.0 Å². The highest BCUT2D eigenvalue weighted by molar-refractivity contribution is 6.06. The van der Waals surface area contributed by atoms with Gasteiger partial charge in [0.2, 0.25) is 0 Å². The standard InChI is InChI=1S/C28H24F3N3O5.C2HF3O2/c1-36-24-14-21-22(15-25(24)37-2)32-12-11-23(21)39-20-9-7-18(8-10-20)34-26(38-3)16-33(27(34)35)19-6-4-5-17(13-19)28(29,30)31;3-2(4,5)1(6)7/h4-15,26H,16H2,1-3H3;(H,6,7). The Balaban J connectivity index is 0.000000617. The molecule has 10 nitrogen and oxygen atoms in total. The zero-order valence-corrected chi connectivity index (χ0v) is 24.2.